The summed E-state index contributed by atoms with van der Waals surface area (Å²) >= 11 is 0.907. The van der Waals surface area contributed by atoms with Crippen LogP contribution in [0.15, 0.2) is 5.38 Å². The highest BCUT2D eigenvalue weighted by molar-refractivity contribution is 7.09. The Morgan fingerprint density at radius 3 is 2.65 bits per heavy atom. The molecule has 0 unspecified atom stereocenters. The van der Waals surface area contributed by atoms with Gasteiger partial charge in [-0.3, -0.25) is 4.79 Å². The zero-order valence-corrected chi connectivity index (χ0v) is 12.1. The molecule has 1 aliphatic rings. The van der Waals surface area contributed by atoms with E-state index < -0.39 is 11.9 Å². The van der Waals surface area contributed by atoms with Crippen LogP contribution >= 0.6 is 23.7 Å². The van der Waals surface area contributed by atoms with E-state index in [1.807, 2.05) is 0 Å². The van der Waals surface area contributed by atoms with E-state index in [-0.39, 0.29) is 35.8 Å². The first-order valence-electron chi connectivity index (χ1n) is 5.97. The molecular weight excluding hydrogens is 315 g/mol. The van der Waals surface area contributed by atoms with E-state index in [4.69, 9.17) is 0 Å². The maximum atomic E-state index is 12.3. The van der Waals surface area contributed by atoms with Crippen molar-refractivity contribution >= 4 is 29.7 Å². The van der Waals surface area contributed by atoms with Crippen LogP contribution in [0.25, 0.3) is 0 Å². The topological polar surface area (TPSA) is 54.0 Å². The van der Waals surface area contributed by atoms with Crippen molar-refractivity contribution in [2.24, 2.45) is 5.92 Å². The molecule has 0 saturated carbocycles. The number of carbonyl (C=O) groups is 1. The van der Waals surface area contributed by atoms with Crippen LogP contribution in [-0.2, 0) is 17.5 Å². The van der Waals surface area contributed by atoms with Gasteiger partial charge in [-0.1, -0.05) is 0 Å². The van der Waals surface area contributed by atoms with Crippen LogP contribution < -0.4 is 10.6 Å². The second-order valence-electron chi connectivity index (χ2n) is 4.37. The predicted molar refractivity (Wildman–Crippen MR) is 71.8 cm³/mol. The van der Waals surface area contributed by atoms with E-state index in [0.717, 1.165) is 42.6 Å². The standard InChI is InChI=1S/C11H14F3N3OS.ClH/c12-11(13,14)8-6-19-9(17-8)5-16-10(18)7-1-3-15-4-2-7;/h6-7,15H,1-5H2,(H,16,18);1H. The molecule has 1 saturated heterocycles. The second kappa shape index (κ2) is 7.24. The van der Waals surface area contributed by atoms with Crippen LogP contribution in [0.2, 0.25) is 0 Å². The van der Waals surface area contributed by atoms with Crippen LogP contribution in [0.3, 0.4) is 0 Å². The summed E-state index contributed by atoms with van der Waals surface area (Å²) in [7, 11) is 0. The summed E-state index contributed by atoms with van der Waals surface area (Å²) in [6, 6.07) is 0. The van der Waals surface area contributed by atoms with Gasteiger partial charge in [0.15, 0.2) is 5.69 Å². The molecule has 4 nitrogen and oxygen atoms in total. The predicted octanol–water partition coefficient (Wildman–Crippen LogP) is 2.20. The zero-order valence-electron chi connectivity index (χ0n) is 10.5. The molecule has 0 aromatic carbocycles. The number of rotatable bonds is 3. The third kappa shape index (κ3) is 4.60. The van der Waals surface area contributed by atoms with Crippen LogP contribution in [0.5, 0.6) is 0 Å². The van der Waals surface area contributed by atoms with Crippen molar-refractivity contribution in [3.05, 3.63) is 16.1 Å². The number of alkyl halides is 3. The average molecular weight is 330 g/mol. The molecule has 0 bridgehead atoms. The minimum atomic E-state index is -4.42. The summed E-state index contributed by atoms with van der Waals surface area (Å²) in [6.45, 7) is 1.66. The normalized spacial score (nSPS) is 16.6. The fraction of sp³-hybridized carbons (Fsp3) is 0.636. The quantitative estimate of drug-likeness (QED) is 0.894. The Balaban J connectivity index is 0.00000200. The van der Waals surface area contributed by atoms with E-state index in [1.54, 1.807) is 0 Å². The van der Waals surface area contributed by atoms with E-state index in [9.17, 15) is 18.0 Å². The molecule has 1 fully saturated rings. The Labute approximate surface area is 124 Å². The average Bonchev–Trinajstić information content (AvgIpc) is 2.86. The number of hydrogen-bond donors (Lipinski definition) is 2. The van der Waals surface area contributed by atoms with Crippen molar-refractivity contribution in [3.63, 3.8) is 0 Å². The lowest BCUT2D eigenvalue weighted by Crippen LogP contribution is -2.37. The van der Waals surface area contributed by atoms with E-state index in [2.05, 4.69) is 15.6 Å². The molecule has 0 radical (unpaired) electrons. The lowest BCUT2D eigenvalue weighted by molar-refractivity contribution is -0.140. The van der Waals surface area contributed by atoms with Crippen LogP contribution in [0.4, 0.5) is 13.2 Å². The molecule has 2 rings (SSSR count). The fourth-order valence-corrected chi connectivity index (χ4v) is 2.65. The van der Waals surface area contributed by atoms with Crippen molar-refractivity contribution in [2.45, 2.75) is 25.6 Å². The molecule has 9 heteroatoms. The van der Waals surface area contributed by atoms with E-state index in [1.165, 1.54) is 0 Å². The SMILES string of the molecule is Cl.O=C(NCc1nc(C(F)(F)F)cs1)C1CCNCC1. The van der Waals surface area contributed by atoms with Gasteiger partial charge in [0.05, 0.1) is 6.54 Å². The molecule has 1 aromatic rings. The molecule has 1 amide bonds. The Morgan fingerprint density at radius 1 is 1.45 bits per heavy atom. The minimum absolute atomic E-state index is 0. The van der Waals surface area contributed by atoms with E-state index in [0.29, 0.717) is 0 Å². The number of nitrogens with one attached hydrogen (secondary N) is 2. The van der Waals surface area contributed by atoms with Crippen molar-refractivity contribution in [1.29, 1.82) is 0 Å². The molecule has 0 spiro atoms. The maximum absolute atomic E-state index is 12.3. The summed E-state index contributed by atoms with van der Waals surface area (Å²) < 4.78 is 37.0. The third-order valence-corrected chi connectivity index (χ3v) is 3.81. The Bertz CT molecular complexity index is 446. The van der Waals surface area contributed by atoms with Crippen molar-refractivity contribution in [3.8, 4) is 0 Å². The lowest BCUT2D eigenvalue weighted by atomic mass is 9.97. The van der Waals surface area contributed by atoms with Crippen molar-refractivity contribution < 1.29 is 18.0 Å². The summed E-state index contributed by atoms with van der Waals surface area (Å²) in [6.07, 6.45) is -2.90. The van der Waals surface area contributed by atoms with Crippen molar-refractivity contribution in [2.75, 3.05) is 13.1 Å². The maximum Gasteiger partial charge on any atom is 0.434 e. The van der Waals surface area contributed by atoms with Crippen LogP contribution in [-0.4, -0.2) is 24.0 Å². The highest BCUT2D eigenvalue weighted by Crippen LogP contribution is 2.29. The summed E-state index contributed by atoms with van der Waals surface area (Å²) in [5.74, 6) is -0.159. The monoisotopic (exact) mass is 329 g/mol. The Hall–Kier alpha value is -0.860. The van der Waals surface area contributed by atoms with Gasteiger partial charge in [-0.25, -0.2) is 4.98 Å². The molecule has 2 N–H and O–H groups in total. The van der Waals surface area contributed by atoms with E-state index >= 15 is 0 Å². The summed E-state index contributed by atoms with van der Waals surface area (Å²) in [4.78, 5) is 15.3. The number of carbonyl (C=O) groups excluding carboxylic acids is 1. The Kier molecular flexibility index (Phi) is 6.22. The molecule has 0 atom stereocenters. The third-order valence-electron chi connectivity index (χ3n) is 2.97. The highest BCUT2D eigenvalue weighted by Gasteiger charge is 2.33. The van der Waals surface area contributed by atoms with Crippen molar-refractivity contribution in [1.82, 2.24) is 15.6 Å². The number of aromatic nitrogens is 1. The lowest BCUT2D eigenvalue weighted by Gasteiger charge is -2.21. The number of halogens is 4. The zero-order chi connectivity index (χ0) is 13.9. The Morgan fingerprint density at radius 2 is 2.10 bits per heavy atom. The number of piperidine rings is 1. The molecule has 114 valence electrons. The smallest absolute Gasteiger partial charge is 0.349 e. The number of thiazole rings is 1. The van der Waals surface area contributed by atoms with Gasteiger partial charge in [0.1, 0.15) is 5.01 Å². The molecule has 1 aliphatic heterocycles. The first kappa shape index (κ1) is 17.2. The van der Waals surface area contributed by atoms with Gasteiger partial charge in [0.25, 0.3) is 0 Å². The molecule has 20 heavy (non-hydrogen) atoms. The molecule has 1 aromatic heterocycles. The molecule has 0 aliphatic carbocycles. The van der Waals surface area contributed by atoms with Gasteiger partial charge in [-0.05, 0) is 25.9 Å². The first-order chi connectivity index (χ1) is 8.97. The van der Waals surface area contributed by atoms with Gasteiger partial charge in [-0.15, -0.1) is 23.7 Å². The second-order valence-corrected chi connectivity index (χ2v) is 5.31. The first-order valence-corrected chi connectivity index (χ1v) is 6.85. The van der Waals surface area contributed by atoms with Gasteiger partial charge >= 0.3 is 6.18 Å². The molecular formula is C11H15ClF3N3OS. The molecule has 2 heterocycles. The van der Waals surface area contributed by atoms with Crippen LogP contribution in [0.1, 0.15) is 23.5 Å². The fourth-order valence-electron chi connectivity index (χ4n) is 1.91. The number of hydrogen-bond acceptors (Lipinski definition) is 4. The summed E-state index contributed by atoms with van der Waals surface area (Å²) in [5.41, 5.74) is -0.899. The largest absolute Gasteiger partial charge is 0.434 e. The minimum Gasteiger partial charge on any atom is -0.349 e. The summed E-state index contributed by atoms with van der Waals surface area (Å²) in [5, 5.41) is 7.03. The van der Waals surface area contributed by atoms with Gasteiger partial charge < -0.3 is 10.6 Å². The number of amides is 1. The highest BCUT2D eigenvalue weighted by atomic mass is 35.5. The number of nitrogens with zero attached hydrogens (tertiary/aromatic N) is 1. The van der Waals surface area contributed by atoms with Gasteiger partial charge in [0.2, 0.25) is 5.91 Å². The van der Waals surface area contributed by atoms with Gasteiger partial charge in [0, 0.05) is 11.3 Å². The van der Waals surface area contributed by atoms with Crippen LogP contribution in [0, 0.1) is 5.92 Å². The van der Waals surface area contributed by atoms with Gasteiger partial charge in [-0.2, -0.15) is 13.2 Å².